The van der Waals surface area contributed by atoms with Gasteiger partial charge in [0, 0.05) is 19.4 Å². The van der Waals surface area contributed by atoms with Crippen molar-refractivity contribution in [3.8, 4) is 0 Å². The van der Waals surface area contributed by atoms with Crippen molar-refractivity contribution in [3.05, 3.63) is 24.3 Å². The summed E-state index contributed by atoms with van der Waals surface area (Å²) in [5, 5.41) is 0. The van der Waals surface area contributed by atoms with Crippen LogP contribution >= 0.6 is 0 Å². The molecular formula is C58H110N2O7. The Kier molecular flexibility index (Phi) is 51.1. The number of carbonyl (C=O) groups is 3. The van der Waals surface area contributed by atoms with Crippen LogP contribution in [0.2, 0.25) is 0 Å². The predicted octanol–water partition coefficient (Wildman–Crippen LogP) is 16.5. The lowest BCUT2D eigenvalue weighted by Crippen LogP contribution is -2.31. The van der Waals surface area contributed by atoms with Gasteiger partial charge in [0.05, 0.1) is 13.2 Å². The number of allylic oxidation sites excluding steroid dienone is 4. The van der Waals surface area contributed by atoms with Crippen LogP contribution in [-0.2, 0) is 28.5 Å². The third kappa shape index (κ3) is 48.4. The Hall–Kier alpha value is -2.39. The van der Waals surface area contributed by atoms with E-state index < -0.39 is 6.16 Å². The molecule has 0 aromatic heterocycles. The average molecular weight is 948 g/mol. The molecule has 0 aromatic carbocycles. The summed E-state index contributed by atoms with van der Waals surface area (Å²) in [7, 11) is 0. The Morgan fingerprint density at radius 1 is 0.373 bits per heavy atom. The van der Waals surface area contributed by atoms with E-state index in [9.17, 15) is 14.4 Å². The van der Waals surface area contributed by atoms with Crippen molar-refractivity contribution in [2.45, 2.75) is 272 Å². The lowest BCUT2D eigenvalue weighted by Gasteiger charge is -2.22. The van der Waals surface area contributed by atoms with Crippen molar-refractivity contribution in [1.82, 2.24) is 9.80 Å². The average Bonchev–Trinajstić information content (AvgIpc) is 3.33. The Bertz CT molecular complexity index is 1060. The summed E-state index contributed by atoms with van der Waals surface area (Å²) >= 11 is 0. The molecular weight excluding hydrogens is 837 g/mol. The van der Waals surface area contributed by atoms with Gasteiger partial charge in [-0.15, -0.1) is 0 Å². The minimum Gasteiger partial charge on any atom is -0.466 e. The molecule has 67 heavy (non-hydrogen) atoms. The highest BCUT2D eigenvalue weighted by molar-refractivity contribution is 5.69. The van der Waals surface area contributed by atoms with Crippen LogP contribution in [0.5, 0.6) is 0 Å². The van der Waals surface area contributed by atoms with E-state index in [2.05, 4.69) is 68.7 Å². The maximum atomic E-state index is 12.8. The van der Waals surface area contributed by atoms with Crippen LogP contribution in [0.1, 0.15) is 266 Å². The summed E-state index contributed by atoms with van der Waals surface area (Å²) in [6.07, 6.45) is 47.9. The maximum Gasteiger partial charge on any atom is 0.508 e. The SMILES string of the molecule is CCCCCC/C=C\CCCCCCCC(=O)OCCCCCCC(CCCCCCOC(=O)CCCCCCC/C=C\CCCCCC)OC(=O)OCCN(CC)CCCCN(CC)CC. The van der Waals surface area contributed by atoms with Crippen LogP contribution in [0, 0.1) is 0 Å². The number of rotatable bonds is 52. The zero-order chi connectivity index (χ0) is 48.9. The lowest BCUT2D eigenvalue weighted by atomic mass is 10.0. The Morgan fingerprint density at radius 3 is 1.18 bits per heavy atom. The molecule has 0 saturated heterocycles. The number of likely N-dealkylation sites (N-methyl/N-ethyl adjacent to an activating group) is 1. The zero-order valence-electron chi connectivity index (χ0n) is 45.0. The maximum absolute atomic E-state index is 12.8. The highest BCUT2D eigenvalue weighted by atomic mass is 16.7. The molecule has 0 rings (SSSR count). The monoisotopic (exact) mass is 947 g/mol. The van der Waals surface area contributed by atoms with Gasteiger partial charge >= 0.3 is 18.1 Å². The molecule has 9 heteroatoms. The lowest BCUT2D eigenvalue weighted by molar-refractivity contribution is -0.144. The summed E-state index contributed by atoms with van der Waals surface area (Å²) in [6.45, 7) is 18.4. The van der Waals surface area contributed by atoms with Gasteiger partial charge in [-0.05, 0) is 148 Å². The first-order chi connectivity index (χ1) is 32.9. The summed E-state index contributed by atoms with van der Waals surface area (Å²) < 4.78 is 22.5. The van der Waals surface area contributed by atoms with E-state index in [1.807, 2.05) is 0 Å². The topological polar surface area (TPSA) is 94.6 Å². The van der Waals surface area contributed by atoms with Gasteiger partial charge in [0.1, 0.15) is 12.7 Å². The predicted molar refractivity (Wildman–Crippen MR) is 284 cm³/mol. The fourth-order valence-corrected chi connectivity index (χ4v) is 8.47. The van der Waals surface area contributed by atoms with Crippen molar-refractivity contribution >= 4 is 18.1 Å². The van der Waals surface area contributed by atoms with Crippen LogP contribution in [-0.4, -0.2) is 93.1 Å². The smallest absolute Gasteiger partial charge is 0.466 e. The van der Waals surface area contributed by atoms with E-state index in [1.165, 1.54) is 122 Å². The fourth-order valence-electron chi connectivity index (χ4n) is 8.47. The van der Waals surface area contributed by atoms with E-state index in [4.69, 9.17) is 18.9 Å². The number of hydrogen-bond acceptors (Lipinski definition) is 9. The van der Waals surface area contributed by atoms with Crippen LogP contribution in [0.3, 0.4) is 0 Å². The Labute approximate surface area is 415 Å². The quantitative estimate of drug-likeness (QED) is 0.0256. The molecule has 0 aliphatic rings. The van der Waals surface area contributed by atoms with Gasteiger partial charge in [0.15, 0.2) is 0 Å². The Balaban J connectivity index is 4.38. The van der Waals surface area contributed by atoms with E-state index >= 15 is 0 Å². The second-order valence-corrected chi connectivity index (χ2v) is 19.1. The normalized spacial score (nSPS) is 11.8. The van der Waals surface area contributed by atoms with Gasteiger partial charge in [-0.3, -0.25) is 9.59 Å². The van der Waals surface area contributed by atoms with E-state index in [0.29, 0.717) is 39.2 Å². The summed E-state index contributed by atoms with van der Waals surface area (Å²) in [5.41, 5.74) is 0. The van der Waals surface area contributed by atoms with Crippen LogP contribution < -0.4 is 0 Å². The number of unbranched alkanes of at least 4 members (excludes halogenated alkanes) is 25. The van der Waals surface area contributed by atoms with Crippen molar-refractivity contribution in [1.29, 1.82) is 0 Å². The van der Waals surface area contributed by atoms with Crippen LogP contribution in [0.25, 0.3) is 0 Å². The molecule has 0 unspecified atom stereocenters. The van der Waals surface area contributed by atoms with E-state index in [1.54, 1.807) is 0 Å². The van der Waals surface area contributed by atoms with Gasteiger partial charge in [-0.1, -0.05) is 162 Å². The van der Waals surface area contributed by atoms with Gasteiger partial charge < -0.3 is 28.7 Å². The first-order valence-electron chi connectivity index (χ1n) is 28.8. The van der Waals surface area contributed by atoms with Crippen LogP contribution in [0.15, 0.2) is 24.3 Å². The number of nitrogens with zero attached hydrogens (tertiary/aromatic N) is 2. The highest BCUT2D eigenvalue weighted by Crippen LogP contribution is 2.18. The van der Waals surface area contributed by atoms with Gasteiger partial charge in [0.2, 0.25) is 0 Å². The first-order valence-corrected chi connectivity index (χ1v) is 28.8. The van der Waals surface area contributed by atoms with Gasteiger partial charge in [-0.2, -0.15) is 0 Å². The van der Waals surface area contributed by atoms with Gasteiger partial charge in [-0.25, -0.2) is 4.79 Å². The number of hydrogen-bond donors (Lipinski definition) is 0. The number of carbonyl (C=O) groups excluding carboxylic acids is 3. The molecule has 0 aliphatic heterocycles. The summed E-state index contributed by atoms with van der Waals surface area (Å²) in [6, 6.07) is 0. The highest BCUT2D eigenvalue weighted by Gasteiger charge is 2.16. The molecule has 0 bridgehead atoms. The molecule has 0 spiro atoms. The van der Waals surface area contributed by atoms with E-state index in [0.717, 1.165) is 129 Å². The van der Waals surface area contributed by atoms with Crippen molar-refractivity contribution < 1.29 is 33.3 Å². The van der Waals surface area contributed by atoms with Crippen molar-refractivity contribution in [2.75, 3.05) is 59.1 Å². The van der Waals surface area contributed by atoms with Crippen molar-refractivity contribution in [3.63, 3.8) is 0 Å². The first kappa shape index (κ1) is 64.6. The molecule has 0 aromatic rings. The molecule has 0 atom stereocenters. The minimum atomic E-state index is -0.567. The molecule has 0 saturated carbocycles. The van der Waals surface area contributed by atoms with Crippen LogP contribution in [0.4, 0.5) is 4.79 Å². The largest absolute Gasteiger partial charge is 0.508 e. The second-order valence-electron chi connectivity index (χ2n) is 19.1. The fraction of sp³-hybridized carbons (Fsp3) is 0.879. The molecule has 9 nitrogen and oxygen atoms in total. The number of ether oxygens (including phenoxy) is 4. The third-order valence-corrected chi connectivity index (χ3v) is 13.1. The minimum absolute atomic E-state index is 0.0724. The molecule has 0 aliphatic carbocycles. The summed E-state index contributed by atoms with van der Waals surface area (Å²) in [5.74, 6) is -0.145. The summed E-state index contributed by atoms with van der Waals surface area (Å²) in [4.78, 5) is 42.2. The third-order valence-electron chi connectivity index (χ3n) is 13.1. The molecule has 0 radical (unpaired) electrons. The Morgan fingerprint density at radius 2 is 0.746 bits per heavy atom. The molecule has 0 heterocycles. The molecule has 0 amide bonds. The zero-order valence-corrected chi connectivity index (χ0v) is 45.0. The standard InChI is InChI=1S/C58H110N2O7/c1-6-11-13-15-17-19-21-23-25-27-29-31-39-47-56(61)64-52-43-35-33-37-45-55(67-58(63)66-54-51-60(10-5)50-42-41-49-59(8-3)9-4)46-38-34-36-44-53-65-57(62)48-40-32-30-28-26-24-22-20-18-16-14-12-7-2/h19-22,55H,6-18,23-54H2,1-5H3/b21-19-,22-20-. The molecule has 0 N–H and O–H groups in total. The van der Waals surface area contributed by atoms with E-state index in [-0.39, 0.29) is 18.0 Å². The molecule has 394 valence electrons. The number of esters is 2. The van der Waals surface area contributed by atoms with Gasteiger partial charge in [0.25, 0.3) is 0 Å². The molecule has 0 fully saturated rings. The second kappa shape index (κ2) is 53.0. The van der Waals surface area contributed by atoms with Crippen molar-refractivity contribution in [2.24, 2.45) is 0 Å².